The lowest BCUT2D eigenvalue weighted by Crippen LogP contribution is -2.53. The van der Waals surface area contributed by atoms with Gasteiger partial charge in [-0.25, -0.2) is 0 Å². The van der Waals surface area contributed by atoms with Gasteiger partial charge in [-0.3, -0.25) is 0 Å². The highest BCUT2D eigenvalue weighted by Crippen LogP contribution is 2.44. The van der Waals surface area contributed by atoms with Crippen molar-refractivity contribution in [3.63, 3.8) is 0 Å². The van der Waals surface area contributed by atoms with Crippen LogP contribution in [0.25, 0.3) is 0 Å². The SMILES string of the molecule is NC1(CN2CCC3(CCCCC3)CC2)CCOC1. The minimum Gasteiger partial charge on any atom is -0.379 e. The van der Waals surface area contributed by atoms with Gasteiger partial charge in [-0.05, 0) is 50.6 Å². The lowest BCUT2D eigenvalue weighted by Gasteiger charge is -2.45. The van der Waals surface area contributed by atoms with Crippen LogP contribution < -0.4 is 5.73 Å². The predicted octanol–water partition coefficient (Wildman–Crippen LogP) is 2.15. The van der Waals surface area contributed by atoms with Gasteiger partial charge in [0.05, 0.1) is 12.1 Å². The standard InChI is InChI=1S/C15H28N2O/c16-15(8-11-18-13-15)12-17-9-6-14(7-10-17)4-2-1-3-5-14/h1-13,16H2. The summed E-state index contributed by atoms with van der Waals surface area (Å²) in [6, 6.07) is 0. The molecule has 0 aromatic heterocycles. The van der Waals surface area contributed by atoms with Crippen molar-refractivity contribution in [3.05, 3.63) is 0 Å². The number of piperidine rings is 1. The summed E-state index contributed by atoms with van der Waals surface area (Å²) in [6.07, 6.45) is 11.2. The van der Waals surface area contributed by atoms with E-state index in [2.05, 4.69) is 4.90 Å². The van der Waals surface area contributed by atoms with Gasteiger partial charge < -0.3 is 15.4 Å². The van der Waals surface area contributed by atoms with Gasteiger partial charge in [0.1, 0.15) is 0 Å². The van der Waals surface area contributed by atoms with E-state index < -0.39 is 0 Å². The van der Waals surface area contributed by atoms with E-state index in [0.29, 0.717) is 5.41 Å². The average molecular weight is 252 g/mol. The minimum atomic E-state index is -0.0585. The first-order chi connectivity index (χ1) is 8.70. The second kappa shape index (κ2) is 5.10. The predicted molar refractivity (Wildman–Crippen MR) is 73.5 cm³/mol. The maximum atomic E-state index is 6.39. The maximum Gasteiger partial charge on any atom is 0.0659 e. The van der Waals surface area contributed by atoms with Crippen molar-refractivity contribution in [3.8, 4) is 0 Å². The van der Waals surface area contributed by atoms with Crippen LogP contribution in [0.15, 0.2) is 0 Å². The van der Waals surface area contributed by atoms with Crippen molar-refractivity contribution >= 4 is 0 Å². The third-order valence-corrected chi connectivity index (χ3v) is 5.50. The lowest BCUT2D eigenvalue weighted by molar-refractivity contribution is 0.0535. The van der Waals surface area contributed by atoms with Gasteiger partial charge in [-0.1, -0.05) is 19.3 Å². The molecule has 2 saturated heterocycles. The Bertz CT molecular complexity index is 270. The first kappa shape index (κ1) is 12.9. The summed E-state index contributed by atoms with van der Waals surface area (Å²) in [5, 5.41) is 0. The normalized spacial score (nSPS) is 37.2. The van der Waals surface area contributed by atoms with Crippen LogP contribution in [0, 0.1) is 5.41 Å². The van der Waals surface area contributed by atoms with Crippen LogP contribution in [0.5, 0.6) is 0 Å². The Hall–Kier alpha value is -0.120. The quantitative estimate of drug-likeness (QED) is 0.818. The Morgan fingerprint density at radius 2 is 1.67 bits per heavy atom. The largest absolute Gasteiger partial charge is 0.379 e. The summed E-state index contributed by atoms with van der Waals surface area (Å²) in [5.41, 5.74) is 7.05. The topological polar surface area (TPSA) is 38.5 Å². The molecule has 3 heteroatoms. The van der Waals surface area contributed by atoms with Crippen LogP contribution in [0.4, 0.5) is 0 Å². The average Bonchev–Trinajstić information content (AvgIpc) is 2.81. The Morgan fingerprint density at radius 3 is 2.28 bits per heavy atom. The monoisotopic (exact) mass is 252 g/mol. The molecular weight excluding hydrogens is 224 g/mol. The Morgan fingerprint density at radius 1 is 0.944 bits per heavy atom. The fraction of sp³-hybridized carbons (Fsp3) is 1.00. The van der Waals surface area contributed by atoms with Crippen molar-refractivity contribution in [1.29, 1.82) is 0 Å². The maximum absolute atomic E-state index is 6.39. The fourth-order valence-corrected chi connectivity index (χ4v) is 4.18. The molecule has 0 bridgehead atoms. The molecule has 1 aliphatic carbocycles. The van der Waals surface area contributed by atoms with Crippen LogP contribution in [0.1, 0.15) is 51.4 Å². The third-order valence-electron chi connectivity index (χ3n) is 5.50. The van der Waals surface area contributed by atoms with Crippen molar-refractivity contribution < 1.29 is 4.74 Å². The summed E-state index contributed by atoms with van der Waals surface area (Å²) in [5.74, 6) is 0. The molecule has 0 radical (unpaired) electrons. The van der Waals surface area contributed by atoms with Gasteiger partial charge in [-0.2, -0.15) is 0 Å². The van der Waals surface area contributed by atoms with Gasteiger partial charge in [0.15, 0.2) is 0 Å². The molecule has 0 aromatic rings. The van der Waals surface area contributed by atoms with E-state index in [0.717, 1.165) is 26.2 Å². The Labute approximate surface area is 111 Å². The van der Waals surface area contributed by atoms with Crippen molar-refractivity contribution in [2.45, 2.75) is 56.9 Å². The molecule has 3 rings (SSSR count). The second-order valence-electron chi connectivity index (χ2n) is 7.00. The van der Waals surface area contributed by atoms with Gasteiger partial charge in [0.2, 0.25) is 0 Å². The van der Waals surface area contributed by atoms with E-state index in [4.69, 9.17) is 10.5 Å². The fourth-order valence-electron chi connectivity index (χ4n) is 4.18. The zero-order chi connectivity index (χ0) is 12.5. The van der Waals surface area contributed by atoms with Crippen molar-refractivity contribution in [2.75, 3.05) is 32.8 Å². The molecule has 0 amide bonds. The zero-order valence-electron chi connectivity index (χ0n) is 11.6. The molecule has 1 unspecified atom stereocenters. The number of hydrogen-bond donors (Lipinski definition) is 1. The number of rotatable bonds is 2. The minimum absolute atomic E-state index is 0.0585. The summed E-state index contributed by atoms with van der Waals surface area (Å²) in [4.78, 5) is 2.59. The lowest BCUT2D eigenvalue weighted by atomic mass is 9.68. The molecule has 1 atom stereocenters. The molecule has 2 N–H and O–H groups in total. The summed E-state index contributed by atoms with van der Waals surface area (Å²) in [7, 11) is 0. The molecule has 104 valence electrons. The van der Waals surface area contributed by atoms with Crippen LogP contribution in [-0.2, 0) is 4.74 Å². The molecule has 3 fully saturated rings. The van der Waals surface area contributed by atoms with E-state index >= 15 is 0 Å². The van der Waals surface area contributed by atoms with Crippen LogP contribution in [-0.4, -0.2) is 43.3 Å². The van der Waals surface area contributed by atoms with Crippen LogP contribution in [0.2, 0.25) is 0 Å². The van der Waals surface area contributed by atoms with Crippen molar-refractivity contribution in [1.82, 2.24) is 4.90 Å². The molecule has 3 nitrogen and oxygen atoms in total. The highest BCUT2D eigenvalue weighted by Gasteiger charge is 2.38. The number of hydrogen-bond acceptors (Lipinski definition) is 3. The number of nitrogens with two attached hydrogens (primary N) is 1. The molecule has 2 aliphatic heterocycles. The number of likely N-dealkylation sites (tertiary alicyclic amines) is 1. The van der Waals surface area contributed by atoms with E-state index in [1.807, 2.05) is 0 Å². The third kappa shape index (κ3) is 2.73. The molecule has 1 saturated carbocycles. The zero-order valence-corrected chi connectivity index (χ0v) is 11.6. The highest BCUT2D eigenvalue weighted by atomic mass is 16.5. The first-order valence-corrected chi connectivity index (χ1v) is 7.79. The Kier molecular flexibility index (Phi) is 3.65. The van der Waals surface area contributed by atoms with E-state index in [-0.39, 0.29) is 5.54 Å². The molecular formula is C15H28N2O. The van der Waals surface area contributed by atoms with Gasteiger partial charge in [-0.15, -0.1) is 0 Å². The molecule has 18 heavy (non-hydrogen) atoms. The molecule has 1 spiro atoms. The van der Waals surface area contributed by atoms with Crippen molar-refractivity contribution in [2.24, 2.45) is 11.1 Å². The van der Waals surface area contributed by atoms with Crippen LogP contribution >= 0.6 is 0 Å². The molecule has 3 aliphatic rings. The van der Waals surface area contributed by atoms with E-state index in [9.17, 15) is 0 Å². The molecule has 0 aromatic carbocycles. The van der Waals surface area contributed by atoms with Gasteiger partial charge >= 0.3 is 0 Å². The number of nitrogens with zero attached hydrogens (tertiary/aromatic N) is 1. The summed E-state index contributed by atoms with van der Waals surface area (Å²) in [6.45, 7) is 5.18. The second-order valence-corrected chi connectivity index (χ2v) is 7.00. The summed E-state index contributed by atoms with van der Waals surface area (Å²) < 4.78 is 5.46. The number of ether oxygens (including phenoxy) is 1. The Balaban J connectivity index is 1.50. The van der Waals surface area contributed by atoms with E-state index in [1.165, 1.54) is 58.0 Å². The first-order valence-electron chi connectivity index (χ1n) is 7.79. The highest BCUT2D eigenvalue weighted by molar-refractivity contribution is 4.94. The van der Waals surface area contributed by atoms with Gasteiger partial charge in [0.25, 0.3) is 0 Å². The molecule has 2 heterocycles. The smallest absolute Gasteiger partial charge is 0.0659 e. The van der Waals surface area contributed by atoms with E-state index in [1.54, 1.807) is 0 Å². The summed E-state index contributed by atoms with van der Waals surface area (Å²) >= 11 is 0. The van der Waals surface area contributed by atoms with Crippen LogP contribution in [0.3, 0.4) is 0 Å². The van der Waals surface area contributed by atoms with Gasteiger partial charge in [0, 0.05) is 13.2 Å².